The summed E-state index contributed by atoms with van der Waals surface area (Å²) in [5.74, 6) is 1.87. The molecular weight excluding hydrogens is 332 g/mol. The predicted molar refractivity (Wildman–Crippen MR) is 90.1 cm³/mol. The first-order valence-electron chi connectivity index (χ1n) is 7.66. The number of rotatable bonds is 9. The van der Waals surface area contributed by atoms with Crippen molar-refractivity contribution in [2.45, 2.75) is 52.1 Å². The average Bonchev–Trinajstić information content (AvgIpc) is 2.50. The van der Waals surface area contributed by atoms with Crippen LogP contribution in [-0.2, 0) is 0 Å². The van der Waals surface area contributed by atoms with E-state index in [2.05, 4.69) is 29.8 Å². The molecule has 3 nitrogen and oxygen atoms in total. The fourth-order valence-corrected chi connectivity index (χ4v) is 3.14. The van der Waals surface area contributed by atoms with E-state index in [1.54, 1.807) is 14.2 Å². The molecule has 0 saturated carbocycles. The van der Waals surface area contributed by atoms with Crippen LogP contribution in [0.5, 0.6) is 11.5 Å². The van der Waals surface area contributed by atoms with Crippen LogP contribution in [0.25, 0.3) is 0 Å². The molecule has 2 unspecified atom stereocenters. The second kappa shape index (κ2) is 9.31. The second-order valence-corrected chi connectivity index (χ2v) is 6.25. The minimum atomic E-state index is -0.485. The number of halogens is 1. The molecule has 0 saturated heterocycles. The first-order valence-corrected chi connectivity index (χ1v) is 8.46. The molecule has 0 aliphatic heterocycles. The molecular formula is C17H27BrO3. The minimum Gasteiger partial charge on any atom is -0.493 e. The molecule has 120 valence electrons. The molecule has 0 aliphatic carbocycles. The molecule has 0 aliphatic rings. The van der Waals surface area contributed by atoms with Crippen LogP contribution in [0, 0.1) is 5.92 Å². The van der Waals surface area contributed by atoms with Gasteiger partial charge in [-0.15, -0.1) is 0 Å². The van der Waals surface area contributed by atoms with Crippen LogP contribution >= 0.6 is 15.9 Å². The van der Waals surface area contributed by atoms with E-state index in [4.69, 9.17) is 9.47 Å². The lowest BCUT2D eigenvalue weighted by atomic mass is 9.90. The fourth-order valence-electron chi connectivity index (χ4n) is 2.55. The number of aliphatic hydroxyl groups excluding tert-OH is 1. The van der Waals surface area contributed by atoms with Crippen LogP contribution in [0.1, 0.15) is 57.6 Å². The molecule has 4 heteroatoms. The van der Waals surface area contributed by atoms with Gasteiger partial charge < -0.3 is 14.6 Å². The summed E-state index contributed by atoms with van der Waals surface area (Å²) in [6.45, 7) is 4.39. The van der Waals surface area contributed by atoms with Crippen LogP contribution in [0.2, 0.25) is 0 Å². The molecule has 1 N–H and O–H groups in total. The normalized spacial score (nSPS) is 13.8. The monoisotopic (exact) mass is 358 g/mol. The van der Waals surface area contributed by atoms with Crippen molar-refractivity contribution in [2.75, 3.05) is 14.2 Å². The highest BCUT2D eigenvalue weighted by Crippen LogP contribution is 2.38. The van der Waals surface area contributed by atoms with E-state index in [0.29, 0.717) is 17.4 Å². The summed E-state index contributed by atoms with van der Waals surface area (Å²) in [7, 11) is 3.22. The molecule has 0 bridgehead atoms. The molecule has 0 radical (unpaired) electrons. The van der Waals surface area contributed by atoms with E-state index in [1.807, 2.05) is 12.1 Å². The van der Waals surface area contributed by atoms with E-state index in [0.717, 1.165) is 22.9 Å². The van der Waals surface area contributed by atoms with Crippen molar-refractivity contribution >= 4 is 15.9 Å². The Balaban J connectivity index is 2.88. The summed E-state index contributed by atoms with van der Waals surface area (Å²) in [5, 5.41) is 10.6. The summed E-state index contributed by atoms with van der Waals surface area (Å²) in [6.07, 6.45) is 4.99. The van der Waals surface area contributed by atoms with Crippen molar-refractivity contribution in [1.82, 2.24) is 0 Å². The van der Waals surface area contributed by atoms with Gasteiger partial charge in [0.1, 0.15) is 0 Å². The summed E-state index contributed by atoms with van der Waals surface area (Å²) in [5.41, 5.74) is 0.864. The summed E-state index contributed by atoms with van der Waals surface area (Å²) in [4.78, 5) is 0. The van der Waals surface area contributed by atoms with Crippen LogP contribution in [-0.4, -0.2) is 19.3 Å². The maximum absolute atomic E-state index is 10.6. The molecule has 1 aromatic carbocycles. The summed E-state index contributed by atoms with van der Waals surface area (Å²) < 4.78 is 11.5. The summed E-state index contributed by atoms with van der Waals surface area (Å²) >= 11 is 3.52. The van der Waals surface area contributed by atoms with Crippen molar-refractivity contribution in [1.29, 1.82) is 0 Å². The zero-order valence-corrected chi connectivity index (χ0v) is 15.1. The molecule has 0 aromatic heterocycles. The third-order valence-corrected chi connectivity index (χ3v) is 4.65. The molecule has 0 spiro atoms. The number of hydrogen-bond donors (Lipinski definition) is 1. The van der Waals surface area contributed by atoms with Gasteiger partial charge >= 0.3 is 0 Å². The highest BCUT2D eigenvalue weighted by Gasteiger charge is 2.19. The van der Waals surface area contributed by atoms with Crippen molar-refractivity contribution in [3.8, 4) is 11.5 Å². The van der Waals surface area contributed by atoms with E-state index in [-0.39, 0.29) is 0 Å². The van der Waals surface area contributed by atoms with Gasteiger partial charge in [0, 0.05) is 4.47 Å². The van der Waals surface area contributed by atoms with Crippen LogP contribution < -0.4 is 9.47 Å². The van der Waals surface area contributed by atoms with Crippen molar-refractivity contribution in [3.63, 3.8) is 0 Å². The van der Waals surface area contributed by atoms with Crippen molar-refractivity contribution in [2.24, 2.45) is 5.92 Å². The van der Waals surface area contributed by atoms with Gasteiger partial charge in [-0.05, 0) is 30.0 Å². The average molecular weight is 359 g/mol. The Kier molecular flexibility index (Phi) is 8.12. The molecule has 1 aromatic rings. The Morgan fingerprint density at radius 3 is 2.29 bits per heavy atom. The second-order valence-electron chi connectivity index (χ2n) is 5.40. The van der Waals surface area contributed by atoms with Crippen molar-refractivity contribution < 1.29 is 14.6 Å². The number of benzene rings is 1. The Labute approximate surface area is 136 Å². The maximum Gasteiger partial charge on any atom is 0.161 e. The van der Waals surface area contributed by atoms with E-state index < -0.39 is 6.10 Å². The highest BCUT2D eigenvalue weighted by atomic mass is 79.9. The largest absolute Gasteiger partial charge is 0.493 e. The smallest absolute Gasteiger partial charge is 0.161 e. The Hall–Kier alpha value is -0.740. The highest BCUT2D eigenvalue weighted by molar-refractivity contribution is 9.10. The summed E-state index contributed by atoms with van der Waals surface area (Å²) in [6, 6.07) is 3.71. The molecule has 0 fully saturated rings. The number of methoxy groups -OCH3 is 2. The van der Waals surface area contributed by atoms with Gasteiger partial charge in [0.25, 0.3) is 0 Å². The molecule has 0 amide bonds. The first-order chi connectivity index (χ1) is 10.1. The lowest BCUT2D eigenvalue weighted by molar-refractivity contribution is 0.138. The van der Waals surface area contributed by atoms with Gasteiger partial charge in [-0.1, -0.05) is 55.5 Å². The topological polar surface area (TPSA) is 38.7 Å². The number of hydrogen-bond acceptors (Lipinski definition) is 3. The molecule has 2 atom stereocenters. The van der Waals surface area contributed by atoms with E-state index in [9.17, 15) is 5.11 Å². The van der Waals surface area contributed by atoms with E-state index >= 15 is 0 Å². The lowest BCUT2D eigenvalue weighted by Gasteiger charge is -2.21. The Morgan fingerprint density at radius 1 is 1.14 bits per heavy atom. The van der Waals surface area contributed by atoms with Gasteiger partial charge in [-0.2, -0.15) is 0 Å². The van der Waals surface area contributed by atoms with Crippen molar-refractivity contribution in [3.05, 3.63) is 22.2 Å². The molecule has 0 heterocycles. The fraction of sp³-hybridized carbons (Fsp3) is 0.647. The quantitative estimate of drug-likeness (QED) is 0.666. The lowest BCUT2D eigenvalue weighted by Crippen LogP contribution is -2.08. The van der Waals surface area contributed by atoms with Gasteiger partial charge in [0.2, 0.25) is 0 Å². The minimum absolute atomic E-state index is 0.485. The third-order valence-electron chi connectivity index (χ3n) is 3.96. The van der Waals surface area contributed by atoms with E-state index in [1.165, 1.54) is 19.3 Å². The first kappa shape index (κ1) is 18.3. The SMILES string of the molecule is CCCCC(CC)CC(O)c1cc(OC)c(OC)cc1Br. The molecule has 1 rings (SSSR count). The van der Waals surface area contributed by atoms with Crippen LogP contribution in [0.15, 0.2) is 16.6 Å². The van der Waals surface area contributed by atoms with Crippen LogP contribution in [0.3, 0.4) is 0 Å². The zero-order valence-electron chi connectivity index (χ0n) is 13.5. The number of unbranched alkanes of at least 4 members (excludes halogenated alkanes) is 1. The Morgan fingerprint density at radius 2 is 1.76 bits per heavy atom. The predicted octanol–water partition coefficient (Wildman–Crippen LogP) is 5.11. The van der Waals surface area contributed by atoms with Gasteiger partial charge in [0.05, 0.1) is 20.3 Å². The number of ether oxygens (including phenoxy) is 2. The maximum atomic E-state index is 10.6. The number of aliphatic hydroxyl groups is 1. The Bertz CT molecular complexity index is 434. The zero-order chi connectivity index (χ0) is 15.8. The van der Waals surface area contributed by atoms with Gasteiger partial charge in [0.15, 0.2) is 11.5 Å². The standard InChI is InChI=1S/C17H27BrO3/c1-5-7-8-12(6-2)9-15(19)13-10-16(20-3)17(21-4)11-14(13)18/h10-12,15,19H,5-9H2,1-4H3. The molecule has 21 heavy (non-hydrogen) atoms. The van der Waals surface area contributed by atoms with Gasteiger partial charge in [-0.25, -0.2) is 0 Å². The van der Waals surface area contributed by atoms with Gasteiger partial charge in [-0.3, -0.25) is 0 Å². The van der Waals surface area contributed by atoms with Crippen LogP contribution in [0.4, 0.5) is 0 Å². The third kappa shape index (κ3) is 5.19.